The lowest BCUT2D eigenvalue weighted by atomic mass is 10.1. The normalized spacial score (nSPS) is 11.7. The van der Waals surface area contributed by atoms with Gasteiger partial charge in [0.1, 0.15) is 11.5 Å². The maximum Gasteiger partial charge on any atom is 0.251 e. The molecule has 0 atom stereocenters. The van der Waals surface area contributed by atoms with Crippen LogP contribution in [0.3, 0.4) is 0 Å². The highest BCUT2D eigenvalue weighted by atomic mass is 32.2. The molecular weight excluding hydrogens is 394 g/mol. The Labute approximate surface area is 169 Å². The summed E-state index contributed by atoms with van der Waals surface area (Å²) in [6, 6.07) is 10.3. The summed E-state index contributed by atoms with van der Waals surface area (Å²) in [6.45, 7) is 3.64. The van der Waals surface area contributed by atoms with Gasteiger partial charge in [-0.1, -0.05) is 17.3 Å². The summed E-state index contributed by atoms with van der Waals surface area (Å²) in [5, 5.41) is 6.40. The fraction of sp³-hybridized carbons (Fsp3) is 0.300. The van der Waals surface area contributed by atoms with Crippen LogP contribution in [-0.4, -0.2) is 30.8 Å². The lowest BCUT2D eigenvalue weighted by molar-refractivity contribution is 0.0963. The van der Waals surface area contributed by atoms with Crippen LogP contribution < -0.4 is 5.32 Å². The van der Waals surface area contributed by atoms with Crippen molar-refractivity contribution in [2.75, 3.05) is 7.05 Å². The average molecular weight is 417 g/mol. The third-order valence-corrected chi connectivity index (χ3v) is 6.31. The summed E-state index contributed by atoms with van der Waals surface area (Å²) in [7, 11) is -2.14. The molecule has 0 unspecified atom stereocenters. The van der Waals surface area contributed by atoms with Gasteiger partial charge in [-0.3, -0.25) is 4.79 Å². The molecule has 154 valence electrons. The molecule has 0 aliphatic rings. The minimum atomic E-state index is -3.70. The molecule has 9 heteroatoms. The molecule has 0 aliphatic carbocycles. The summed E-state index contributed by atoms with van der Waals surface area (Å²) in [5.74, 6) is 0.605. The van der Waals surface area contributed by atoms with E-state index in [0.717, 1.165) is 5.56 Å². The number of aryl methyl sites for hydroxylation is 2. The molecule has 0 bridgehead atoms. The third kappa shape index (κ3) is 4.93. The van der Waals surface area contributed by atoms with Crippen molar-refractivity contribution in [1.29, 1.82) is 0 Å². The van der Waals surface area contributed by atoms with Gasteiger partial charge in [-0.2, -0.15) is 4.31 Å². The number of hydrogen-bond donors (Lipinski definition) is 1. The van der Waals surface area contributed by atoms with E-state index in [2.05, 4.69) is 10.5 Å². The van der Waals surface area contributed by atoms with E-state index in [0.29, 0.717) is 28.3 Å². The highest BCUT2D eigenvalue weighted by Crippen LogP contribution is 2.22. The average Bonchev–Trinajstić information content (AvgIpc) is 3.32. The molecule has 29 heavy (non-hydrogen) atoms. The third-order valence-electron chi connectivity index (χ3n) is 4.62. The summed E-state index contributed by atoms with van der Waals surface area (Å²) in [6.07, 6.45) is 1.51. The van der Waals surface area contributed by atoms with E-state index in [1.54, 1.807) is 57.3 Å². The Kier molecular flexibility index (Phi) is 6.19. The van der Waals surface area contributed by atoms with Crippen LogP contribution in [0.2, 0.25) is 0 Å². The van der Waals surface area contributed by atoms with Crippen LogP contribution in [0.1, 0.15) is 38.7 Å². The van der Waals surface area contributed by atoms with Crippen LogP contribution in [0.25, 0.3) is 0 Å². The van der Waals surface area contributed by atoms with E-state index >= 15 is 0 Å². The topological polar surface area (TPSA) is 106 Å². The highest BCUT2D eigenvalue weighted by Gasteiger charge is 2.27. The van der Waals surface area contributed by atoms with Crippen LogP contribution in [-0.2, 0) is 28.9 Å². The molecule has 2 heterocycles. The molecule has 0 fully saturated rings. The minimum absolute atomic E-state index is 0.0932. The number of nitrogens with zero attached hydrogens (tertiary/aromatic N) is 2. The fourth-order valence-electron chi connectivity index (χ4n) is 2.92. The molecule has 8 nitrogen and oxygen atoms in total. The number of carbonyl (C=O) groups excluding carboxylic acids is 1. The van der Waals surface area contributed by atoms with E-state index in [9.17, 15) is 13.2 Å². The first-order chi connectivity index (χ1) is 13.8. The number of benzene rings is 1. The number of sulfonamides is 1. The number of amides is 1. The van der Waals surface area contributed by atoms with Crippen molar-refractivity contribution in [3.63, 3.8) is 0 Å². The summed E-state index contributed by atoms with van der Waals surface area (Å²) in [4.78, 5) is 11.7. The van der Waals surface area contributed by atoms with Crippen LogP contribution in [0.5, 0.6) is 0 Å². The van der Waals surface area contributed by atoms with Crippen LogP contribution in [0.4, 0.5) is 0 Å². The van der Waals surface area contributed by atoms with Gasteiger partial charge in [0.15, 0.2) is 0 Å². The van der Waals surface area contributed by atoms with Gasteiger partial charge >= 0.3 is 0 Å². The Hall–Kier alpha value is -2.91. The number of nitrogens with one attached hydrogen (secondary N) is 1. The molecule has 3 aromatic rings. The van der Waals surface area contributed by atoms with Gasteiger partial charge in [0.05, 0.1) is 24.3 Å². The largest absolute Gasteiger partial charge is 0.468 e. The van der Waals surface area contributed by atoms with Gasteiger partial charge in [-0.15, -0.1) is 0 Å². The molecule has 0 spiro atoms. The monoisotopic (exact) mass is 417 g/mol. The van der Waals surface area contributed by atoms with E-state index in [1.807, 2.05) is 0 Å². The summed E-state index contributed by atoms with van der Waals surface area (Å²) >= 11 is 0. The van der Waals surface area contributed by atoms with Crippen molar-refractivity contribution >= 4 is 15.9 Å². The molecule has 1 aromatic carbocycles. The maximum absolute atomic E-state index is 13.2. The van der Waals surface area contributed by atoms with Crippen LogP contribution in [0, 0.1) is 13.8 Å². The first-order valence-electron chi connectivity index (χ1n) is 9.03. The Bertz CT molecular complexity index is 1050. The molecule has 2 aromatic heterocycles. The predicted molar refractivity (Wildman–Crippen MR) is 106 cm³/mol. The number of carbonyl (C=O) groups is 1. The van der Waals surface area contributed by atoms with Crippen molar-refractivity contribution in [2.45, 2.75) is 32.7 Å². The van der Waals surface area contributed by atoms with Gasteiger partial charge in [-0.25, -0.2) is 8.42 Å². The Morgan fingerprint density at radius 3 is 2.41 bits per heavy atom. The summed E-state index contributed by atoms with van der Waals surface area (Å²) < 4.78 is 38.2. The predicted octanol–water partition coefficient (Wildman–Crippen LogP) is 2.78. The van der Waals surface area contributed by atoms with Crippen LogP contribution >= 0.6 is 0 Å². The minimum Gasteiger partial charge on any atom is -0.468 e. The van der Waals surface area contributed by atoms with E-state index in [1.165, 1.54) is 10.6 Å². The first-order valence-corrected chi connectivity index (χ1v) is 10.6. The second-order valence-corrected chi connectivity index (χ2v) is 8.65. The zero-order valence-corrected chi connectivity index (χ0v) is 17.3. The Morgan fingerprint density at radius 2 is 1.86 bits per heavy atom. The summed E-state index contributed by atoms with van der Waals surface area (Å²) in [5.41, 5.74) is 2.38. The van der Waals surface area contributed by atoms with Crippen molar-refractivity contribution in [3.05, 3.63) is 76.6 Å². The zero-order valence-electron chi connectivity index (χ0n) is 16.5. The Morgan fingerprint density at radius 1 is 1.14 bits per heavy atom. The molecule has 0 saturated carbocycles. The Balaban J connectivity index is 1.87. The van der Waals surface area contributed by atoms with Gasteiger partial charge in [0.2, 0.25) is 10.0 Å². The molecule has 1 amide bonds. The number of hydrogen-bond acceptors (Lipinski definition) is 6. The van der Waals surface area contributed by atoms with E-state index < -0.39 is 10.0 Å². The van der Waals surface area contributed by atoms with Gasteiger partial charge in [-0.05, 0) is 43.7 Å². The van der Waals surface area contributed by atoms with Crippen LogP contribution in [0.15, 0.2) is 51.6 Å². The SMILES string of the molecule is CNC(=O)c1ccc(CN(Cc2ccco2)S(=O)(=O)Cc2c(C)noc2C)cc1. The molecule has 0 saturated heterocycles. The van der Waals surface area contributed by atoms with Gasteiger partial charge in [0, 0.05) is 24.7 Å². The molecule has 1 N–H and O–H groups in total. The lowest BCUT2D eigenvalue weighted by Gasteiger charge is -2.21. The molecular formula is C20H23N3O5S. The second kappa shape index (κ2) is 8.62. The molecule has 3 rings (SSSR count). The zero-order chi connectivity index (χ0) is 21.0. The maximum atomic E-state index is 13.2. The van der Waals surface area contributed by atoms with Crippen molar-refractivity contribution in [2.24, 2.45) is 0 Å². The standard InChI is InChI=1S/C20H23N3O5S/c1-14-19(15(2)28-22-14)13-29(25,26)23(12-18-5-4-10-27-18)11-16-6-8-17(9-7-16)20(24)21-3/h4-10H,11-13H2,1-3H3,(H,21,24). The number of furan rings is 1. The van der Waals surface area contributed by atoms with E-state index in [4.69, 9.17) is 8.94 Å². The van der Waals surface area contributed by atoms with Crippen molar-refractivity contribution < 1.29 is 22.2 Å². The number of rotatable bonds is 8. The fourth-order valence-corrected chi connectivity index (χ4v) is 4.55. The van der Waals surface area contributed by atoms with Gasteiger partial charge < -0.3 is 14.3 Å². The first kappa shape index (κ1) is 20.8. The van der Waals surface area contributed by atoms with Crippen molar-refractivity contribution in [1.82, 2.24) is 14.8 Å². The lowest BCUT2D eigenvalue weighted by Crippen LogP contribution is -2.31. The van der Waals surface area contributed by atoms with Gasteiger partial charge in [0.25, 0.3) is 5.91 Å². The molecule has 0 aliphatic heterocycles. The second-order valence-electron chi connectivity index (χ2n) is 6.68. The molecule has 0 radical (unpaired) electrons. The highest BCUT2D eigenvalue weighted by molar-refractivity contribution is 7.88. The van der Waals surface area contributed by atoms with Crippen molar-refractivity contribution in [3.8, 4) is 0 Å². The smallest absolute Gasteiger partial charge is 0.251 e. The van der Waals surface area contributed by atoms with E-state index in [-0.39, 0.29) is 24.7 Å². The number of aromatic nitrogens is 1. The quantitative estimate of drug-likeness (QED) is 0.604.